The number of hydrogen-bond acceptors (Lipinski definition) is 5. The van der Waals surface area contributed by atoms with Crippen LogP contribution in [0.25, 0.3) is 0 Å². The van der Waals surface area contributed by atoms with Crippen molar-refractivity contribution in [3.05, 3.63) is 33.5 Å². The first-order chi connectivity index (χ1) is 8.22. The van der Waals surface area contributed by atoms with Crippen LogP contribution in [0.2, 0.25) is 0 Å². The zero-order valence-corrected chi connectivity index (χ0v) is 11.9. The molecule has 3 nitrogen and oxygen atoms in total. The van der Waals surface area contributed by atoms with Gasteiger partial charge >= 0.3 is 0 Å². The predicted octanol–water partition coefficient (Wildman–Crippen LogP) is 3.12. The summed E-state index contributed by atoms with van der Waals surface area (Å²) in [7, 11) is 4.05. The van der Waals surface area contributed by atoms with Gasteiger partial charge in [0, 0.05) is 23.8 Å². The van der Waals surface area contributed by atoms with E-state index in [0.717, 1.165) is 17.4 Å². The van der Waals surface area contributed by atoms with Gasteiger partial charge in [0.25, 0.3) is 0 Å². The van der Waals surface area contributed by atoms with E-state index in [9.17, 15) is 0 Å². The van der Waals surface area contributed by atoms with Crippen LogP contribution < -0.4 is 10.2 Å². The molecule has 17 heavy (non-hydrogen) atoms. The fourth-order valence-corrected chi connectivity index (χ4v) is 3.30. The lowest BCUT2D eigenvalue weighted by molar-refractivity contribution is 0.742. The molecule has 0 fully saturated rings. The summed E-state index contributed by atoms with van der Waals surface area (Å²) >= 11 is 3.50. The molecule has 2 aromatic heterocycles. The van der Waals surface area contributed by atoms with E-state index in [4.69, 9.17) is 0 Å². The molecule has 0 spiro atoms. The molecule has 1 atom stereocenters. The Morgan fingerprint density at radius 1 is 1.47 bits per heavy atom. The van der Waals surface area contributed by atoms with Gasteiger partial charge < -0.3 is 10.2 Å². The third kappa shape index (κ3) is 2.86. The lowest BCUT2D eigenvalue weighted by Gasteiger charge is -2.23. The standard InChI is InChI=1S/C12H17N3S2/c1-9(11-5-4-6-16-11)15(3)12-14-10(7-13-2)8-17-12/h4-6,8-9,13H,7H2,1-3H3. The maximum Gasteiger partial charge on any atom is 0.185 e. The van der Waals surface area contributed by atoms with Gasteiger partial charge in [-0.25, -0.2) is 4.98 Å². The molecule has 0 aliphatic carbocycles. The van der Waals surface area contributed by atoms with Crippen molar-refractivity contribution in [3.8, 4) is 0 Å². The van der Waals surface area contributed by atoms with Gasteiger partial charge in [-0.05, 0) is 25.4 Å². The molecule has 92 valence electrons. The summed E-state index contributed by atoms with van der Waals surface area (Å²) in [4.78, 5) is 8.22. The number of rotatable bonds is 5. The number of anilines is 1. The molecule has 0 amide bonds. The second kappa shape index (κ2) is 5.62. The van der Waals surface area contributed by atoms with Crippen molar-refractivity contribution in [3.63, 3.8) is 0 Å². The van der Waals surface area contributed by atoms with Crippen molar-refractivity contribution in [2.75, 3.05) is 19.0 Å². The molecule has 0 aliphatic rings. The Labute approximate surface area is 110 Å². The number of thiophene rings is 1. The molecule has 0 bridgehead atoms. The number of thiazole rings is 1. The number of nitrogens with zero attached hydrogens (tertiary/aromatic N) is 2. The van der Waals surface area contributed by atoms with Crippen molar-refractivity contribution in [2.45, 2.75) is 19.5 Å². The minimum atomic E-state index is 0.378. The zero-order chi connectivity index (χ0) is 12.3. The lowest BCUT2D eigenvalue weighted by atomic mass is 10.2. The zero-order valence-electron chi connectivity index (χ0n) is 10.3. The van der Waals surface area contributed by atoms with E-state index < -0.39 is 0 Å². The number of hydrogen-bond donors (Lipinski definition) is 1. The Balaban J connectivity index is 2.10. The minimum absolute atomic E-state index is 0.378. The SMILES string of the molecule is CNCc1csc(N(C)C(C)c2cccs2)n1. The van der Waals surface area contributed by atoms with Crippen LogP contribution in [0.4, 0.5) is 5.13 Å². The molecule has 2 heterocycles. The van der Waals surface area contributed by atoms with E-state index in [0.29, 0.717) is 6.04 Å². The van der Waals surface area contributed by atoms with E-state index in [1.807, 2.05) is 7.05 Å². The van der Waals surface area contributed by atoms with Gasteiger partial charge in [0.05, 0.1) is 11.7 Å². The van der Waals surface area contributed by atoms with Gasteiger partial charge in [0.1, 0.15) is 0 Å². The van der Waals surface area contributed by atoms with E-state index >= 15 is 0 Å². The number of aromatic nitrogens is 1. The molecule has 5 heteroatoms. The Kier molecular flexibility index (Phi) is 4.15. The summed E-state index contributed by atoms with van der Waals surface area (Å²) in [5.41, 5.74) is 1.11. The summed E-state index contributed by atoms with van der Waals surface area (Å²) in [6.07, 6.45) is 0. The maximum atomic E-state index is 4.62. The van der Waals surface area contributed by atoms with E-state index in [-0.39, 0.29) is 0 Å². The monoisotopic (exact) mass is 267 g/mol. The summed E-state index contributed by atoms with van der Waals surface area (Å²) < 4.78 is 0. The van der Waals surface area contributed by atoms with Gasteiger partial charge in [-0.1, -0.05) is 6.07 Å². The molecule has 0 radical (unpaired) electrons. The van der Waals surface area contributed by atoms with Gasteiger partial charge in [-0.3, -0.25) is 0 Å². The van der Waals surface area contributed by atoms with Crippen LogP contribution >= 0.6 is 22.7 Å². The average Bonchev–Trinajstić information content (AvgIpc) is 2.98. The molecule has 0 aliphatic heterocycles. The topological polar surface area (TPSA) is 28.2 Å². The maximum absolute atomic E-state index is 4.62. The van der Waals surface area contributed by atoms with Crippen LogP contribution in [-0.4, -0.2) is 19.1 Å². The Bertz CT molecular complexity index is 450. The Morgan fingerprint density at radius 3 is 2.94 bits per heavy atom. The van der Waals surface area contributed by atoms with Crippen LogP contribution in [0.15, 0.2) is 22.9 Å². The number of nitrogens with one attached hydrogen (secondary N) is 1. The largest absolute Gasteiger partial charge is 0.344 e. The van der Waals surface area contributed by atoms with E-state index in [1.54, 1.807) is 22.7 Å². The Hall–Kier alpha value is -0.910. The van der Waals surface area contributed by atoms with E-state index in [1.165, 1.54) is 4.88 Å². The third-order valence-corrected chi connectivity index (χ3v) is 4.76. The second-order valence-electron chi connectivity index (χ2n) is 3.95. The van der Waals surface area contributed by atoms with Gasteiger partial charge in [-0.2, -0.15) is 0 Å². The fraction of sp³-hybridized carbons (Fsp3) is 0.417. The van der Waals surface area contributed by atoms with Gasteiger partial charge in [-0.15, -0.1) is 22.7 Å². The first-order valence-electron chi connectivity index (χ1n) is 5.57. The first-order valence-corrected chi connectivity index (χ1v) is 7.33. The second-order valence-corrected chi connectivity index (χ2v) is 5.77. The summed E-state index contributed by atoms with van der Waals surface area (Å²) in [6, 6.07) is 4.65. The summed E-state index contributed by atoms with van der Waals surface area (Å²) in [5, 5.41) is 8.43. The quantitative estimate of drug-likeness (QED) is 0.902. The minimum Gasteiger partial charge on any atom is -0.344 e. The average molecular weight is 267 g/mol. The summed E-state index contributed by atoms with van der Waals surface area (Å²) in [6.45, 7) is 3.04. The van der Waals surface area contributed by atoms with Crippen molar-refractivity contribution in [1.82, 2.24) is 10.3 Å². The highest BCUT2D eigenvalue weighted by molar-refractivity contribution is 7.13. The molecule has 0 aromatic carbocycles. The van der Waals surface area contributed by atoms with Crippen LogP contribution in [0.5, 0.6) is 0 Å². The fourth-order valence-electron chi connectivity index (χ4n) is 1.61. The van der Waals surface area contributed by atoms with Crippen molar-refractivity contribution >= 4 is 27.8 Å². The Morgan fingerprint density at radius 2 is 2.29 bits per heavy atom. The van der Waals surface area contributed by atoms with Crippen LogP contribution in [-0.2, 0) is 6.54 Å². The highest BCUT2D eigenvalue weighted by atomic mass is 32.1. The molecule has 1 N–H and O–H groups in total. The lowest BCUT2D eigenvalue weighted by Crippen LogP contribution is -2.20. The van der Waals surface area contributed by atoms with E-state index in [2.05, 4.69) is 52.1 Å². The summed E-state index contributed by atoms with van der Waals surface area (Å²) in [5.74, 6) is 0. The van der Waals surface area contributed by atoms with Crippen molar-refractivity contribution in [1.29, 1.82) is 0 Å². The smallest absolute Gasteiger partial charge is 0.185 e. The van der Waals surface area contributed by atoms with Crippen LogP contribution in [0, 0.1) is 0 Å². The molecule has 0 saturated heterocycles. The highest BCUT2D eigenvalue weighted by Gasteiger charge is 2.15. The molecule has 1 unspecified atom stereocenters. The predicted molar refractivity (Wildman–Crippen MR) is 76.0 cm³/mol. The highest BCUT2D eigenvalue weighted by Crippen LogP contribution is 2.30. The van der Waals surface area contributed by atoms with Crippen molar-refractivity contribution in [2.24, 2.45) is 0 Å². The van der Waals surface area contributed by atoms with Gasteiger partial charge in [0.15, 0.2) is 5.13 Å². The third-order valence-electron chi connectivity index (χ3n) is 2.74. The van der Waals surface area contributed by atoms with Gasteiger partial charge in [0.2, 0.25) is 0 Å². The molecule has 0 saturated carbocycles. The van der Waals surface area contributed by atoms with Crippen LogP contribution in [0.3, 0.4) is 0 Å². The van der Waals surface area contributed by atoms with Crippen LogP contribution in [0.1, 0.15) is 23.5 Å². The molecular formula is C12H17N3S2. The molecule has 2 aromatic rings. The molecule has 2 rings (SSSR count). The first kappa shape index (κ1) is 12.5. The molecular weight excluding hydrogens is 250 g/mol. The normalized spacial score (nSPS) is 12.6. The van der Waals surface area contributed by atoms with Crippen molar-refractivity contribution < 1.29 is 0 Å².